The maximum atomic E-state index is 5.89. The van der Waals surface area contributed by atoms with Crippen molar-refractivity contribution in [1.82, 2.24) is 4.98 Å². The van der Waals surface area contributed by atoms with Crippen LogP contribution in [-0.4, -0.2) is 11.0 Å². The van der Waals surface area contributed by atoms with Crippen molar-refractivity contribution in [2.45, 2.75) is 39.2 Å². The van der Waals surface area contributed by atoms with E-state index >= 15 is 0 Å². The maximum absolute atomic E-state index is 5.89. The molecule has 0 amide bonds. The van der Waals surface area contributed by atoms with Crippen molar-refractivity contribution >= 4 is 33.3 Å². The minimum Gasteiger partial charge on any atom is -0.366 e. The summed E-state index contributed by atoms with van der Waals surface area (Å²) in [5, 5.41) is 4.19. The van der Waals surface area contributed by atoms with Gasteiger partial charge in [0.05, 0.1) is 9.50 Å². The molecule has 1 aromatic heterocycles. The molecule has 0 radical (unpaired) electrons. The quantitative estimate of drug-likeness (QED) is 0.871. The first kappa shape index (κ1) is 13.2. The van der Waals surface area contributed by atoms with Crippen LogP contribution in [0.25, 0.3) is 0 Å². The minimum absolute atomic E-state index is 0.532. The zero-order valence-electron chi connectivity index (χ0n) is 10.2. The Kier molecular flexibility index (Phi) is 4.31. The van der Waals surface area contributed by atoms with Crippen molar-refractivity contribution in [2.24, 2.45) is 11.8 Å². The smallest absolute Gasteiger partial charge is 0.140 e. The summed E-state index contributed by atoms with van der Waals surface area (Å²) in [5.74, 6) is 2.46. The summed E-state index contributed by atoms with van der Waals surface area (Å²) in [5.41, 5.74) is 0. The molecule has 4 heteroatoms. The number of nitrogens with one attached hydrogen (secondary N) is 1. The first-order valence-corrected chi connectivity index (χ1v) is 7.36. The van der Waals surface area contributed by atoms with Gasteiger partial charge in [-0.2, -0.15) is 0 Å². The van der Waals surface area contributed by atoms with E-state index in [0.29, 0.717) is 17.0 Å². The molecule has 1 saturated carbocycles. The third-order valence-electron chi connectivity index (χ3n) is 3.88. The van der Waals surface area contributed by atoms with E-state index in [4.69, 9.17) is 11.6 Å². The molecule has 1 heterocycles. The van der Waals surface area contributed by atoms with E-state index in [1.54, 1.807) is 6.20 Å². The lowest BCUT2D eigenvalue weighted by Crippen LogP contribution is -2.25. The summed E-state index contributed by atoms with van der Waals surface area (Å²) in [6.07, 6.45) is 5.51. The standard InChI is InChI=1S/C13H18BrClN2/c1-3-9-4-5-12(8(9)2)17-13-11(14)6-10(15)7-16-13/h6-9,12H,3-5H2,1-2H3,(H,16,17). The first-order valence-electron chi connectivity index (χ1n) is 6.19. The summed E-state index contributed by atoms with van der Waals surface area (Å²) >= 11 is 9.38. The first-order chi connectivity index (χ1) is 8.11. The Morgan fingerprint density at radius 1 is 1.53 bits per heavy atom. The van der Waals surface area contributed by atoms with Crippen molar-refractivity contribution in [1.29, 1.82) is 0 Å². The maximum Gasteiger partial charge on any atom is 0.140 e. The Morgan fingerprint density at radius 3 is 2.88 bits per heavy atom. The van der Waals surface area contributed by atoms with Crippen LogP contribution in [0.1, 0.15) is 33.1 Å². The van der Waals surface area contributed by atoms with Crippen LogP contribution in [0.4, 0.5) is 5.82 Å². The molecule has 1 aliphatic carbocycles. The van der Waals surface area contributed by atoms with Gasteiger partial charge in [-0.1, -0.05) is 31.9 Å². The van der Waals surface area contributed by atoms with Gasteiger partial charge in [0.15, 0.2) is 0 Å². The monoisotopic (exact) mass is 316 g/mol. The Balaban J connectivity index is 2.06. The number of halogens is 2. The van der Waals surface area contributed by atoms with E-state index in [9.17, 15) is 0 Å². The van der Waals surface area contributed by atoms with Gasteiger partial charge in [0.1, 0.15) is 5.82 Å². The number of hydrogen-bond donors (Lipinski definition) is 1. The number of rotatable bonds is 3. The van der Waals surface area contributed by atoms with Crippen LogP contribution in [0.5, 0.6) is 0 Å². The second-order valence-corrected chi connectivity index (χ2v) is 6.13. The van der Waals surface area contributed by atoms with E-state index in [-0.39, 0.29) is 0 Å². The number of anilines is 1. The second kappa shape index (κ2) is 5.57. The molecule has 1 fully saturated rings. The summed E-state index contributed by atoms with van der Waals surface area (Å²) < 4.78 is 0.942. The van der Waals surface area contributed by atoms with Crippen LogP contribution < -0.4 is 5.32 Å². The van der Waals surface area contributed by atoms with Gasteiger partial charge in [-0.25, -0.2) is 4.98 Å². The summed E-state index contributed by atoms with van der Waals surface area (Å²) in [7, 11) is 0. The predicted molar refractivity (Wildman–Crippen MR) is 76.5 cm³/mol. The summed E-state index contributed by atoms with van der Waals surface area (Å²) in [6.45, 7) is 4.61. The Bertz CT molecular complexity index is 397. The zero-order chi connectivity index (χ0) is 12.4. The van der Waals surface area contributed by atoms with Gasteiger partial charge in [0.25, 0.3) is 0 Å². The number of hydrogen-bond acceptors (Lipinski definition) is 2. The SMILES string of the molecule is CCC1CCC(Nc2ncc(Cl)cc2Br)C1C. The summed E-state index contributed by atoms with van der Waals surface area (Å²) in [4.78, 5) is 4.34. The Morgan fingerprint density at radius 2 is 2.29 bits per heavy atom. The molecule has 2 rings (SSSR count). The largest absolute Gasteiger partial charge is 0.366 e. The summed E-state index contributed by atoms with van der Waals surface area (Å²) in [6, 6.07) is 2.42. The molecule has 1 N–H and O–H groups in total. The molecule has 2 nitrogen and oxygen atoms in total. The molecule has 94 valence electrons. The third-order valence-corrected chi connectivity index (χ3v) is 4.69. The van der Waals surface area contributed by atoms with Crippen molar-refractivity contribution < 1.29 is 0 Å². The van der Waals surface area contributed by atoms with Crippen LogP contribution >= 0.6 is 27.5 Å². The molecule has 1 aliphatic rings. The molecular weight excluding hydrogens is 300 g/mol. The van der Waals surface area contributed by atoms with Gasteiger partial charge in [-0.05, 0) is 46.7 Å². The van der Waals surface area contributed by atoms with Crippen LogP contribution in [0.2, 0.25) is 5.02 Å². The Labute approximate surface area is 116 Å². The average molecular weight is 318 g/mol. The lowest BCUT2D eigenvalue weighted by Gasteiger charge is -2.22. The third kappa shape index (κ3) is 2.94. The molecule has 0 spiro atoms. The number of nitrogens with zero attached hydrogens (tertiary/aromatic N) is 1. The fourth-order valence-corrected chi connectivity index (χ4v) is 3.48. The van der Waals surface area contributed by atoms with Gasteiger partial charge in [0.2, 0.25) is 0 Å². The van der Waals surface area contributed by atoms with E-state index in [0.717, 1.165) is 16.2 Å². The lowest BCUT2D eigenvalue weighted by molar-refractivity contribution is 0.391. The van der Waals surface area contributed by atoms with Gasteiger partial charge in [-0.15, -0.1) is 0 Å². The zero-order valence-corrected chi connectivity index (χ0v) is 12.6. The topological polar surface area (TPSA) is 24.9 Å². The van der Waals surface area contributed by atoms with E-state index in [1.165, 1.54) is 19.3 Å². The van der Waals surface area contributed by atoms with Crippen LogP contribution in [0, 0.1) is 11.8 Å². The lowest BCUT2D eigenvalue weighted by atomic mass is 9.93. The molecule has 0 bridgehead atoms. The molecular formula is C13H18BrClN2. The fourth-order valence-electron chi connectivity index (χ4n) is 2.72. The predicted octanol–water partition coefficient (Wildman–Crippen LogP) is 4.73. The Hall–Kier alpha value is -0.280. The highest BCUT2D eigenvalue weighted by Gasteiger charge is 2.31. The molecule has 0 aliphatic heterocycles. The van der Waals surface area contributed by atoms with Gasteiger partial charge < -0.3 is 5.32 Å². The van der Waals surface area contributed by atoms with Crippen molar-refractivity contribution in [2.75, 3.05) is 5.32 Å². The average Bonchev–Trinajstić information content (AvgIpc) is 2.64. The normalized spacial score (nSPS) is 28.4. The molecule has 0 aromatic carbocycles. The van der Waals surface area contributed by atoms with Crippen molar-refractivity contribution in [3.05, 3.63) is 21.8 Å². The molecule has 3 atom stereocenters. The van der Waals surface area contributed by atoms with Gasteiger partial charge >= 0.3 is 0 Å². The number of pyridine rings is 1. The van der Waals surface area contributed by atoms with Crippen molar-refractivity contribution in [3.63, 3.8) is 0 Å². The fraction of sp³-hybridized carbons (Fsp3) is 0.615. The molecule has 3 unspecified atom stereocenters. The van der Waals surface area contributed by atoms with E-state index in [2.05, 4.69) is 40.1 Å². The second-order valence-electron chi connectivity index (χ2n) is 4.84. The van der Waals surface area contributed by atoms with Gasteiger partial charge in [-0.3, -0.25) is 0 Å². The molecule has 1 aromatic rings. The molecule has 17 heavy (non-hydrogen) atoms. The highest BCUT2D eigenvalue weighted by atomic mass is 79.9. The van der Waals surface area contributed by atoms with Crippen LogP contribution in [0.3, 0.4) is 0 Å². The van der Waals surface area contributed by atoms with E-state index in [1.807, 2.05) is 6.07 Å². The molecule has 0 saturated heterocycles. The van der Waals surface area contributed by atoms with Crippen molar-refractivity contribution in [3.8, 4) is 0 Å². The highest BCUT2D eigenvalue weighted by Crippen LogP contribution is 2.36. The van der Waals surface area contributed by atoms with E-state index < -0.39 is 0 Å². The van der Waals surface area contributed by atoms with Gasteiger partial charge in [0, 0.05) is 12.2 Å². The minimum atomic E-state index is 0.532. The van der Waals surface area contributed by atoms with Crippen LogP contribution in [-0.2, 0) is 0 Å². The van der Waals surface area contributed by atoms with Crippen LogP contribution in [0.15, 0.2) is 16.7 Å². The highest BCUT2D eigenvalue weighted by molar-refractivity contribution is 9.10. The number of aromatic nitrogens is 1.